The van der Waals surface area contributed by atoms with Crippen LogP contribution >= 0.6 is 24.0 Å². The molecule has 42 heavy (non-hydrogen) atoms. The van der Waals surface area contributed by atoms with Crippen LogP contribution in [0.4, 0.5) is 47.8 Å². The second-order valence-corrected chi connectivity index (χ2v) is 10.5. The first-order valence-corrected chi connectivity index (χ1v) is 13.3. The average Bonchev–Trinajstić information content (AvgIpc) is 2.94. The molecule has 0 fully saturated rings. The first kappa shape index (κ1) is 30.8. The third-order valence-electron chi connectivity index (χ3n) is 5.79. The molecule has 13 heteroatoms. The second-order valence-electron chi connectivity index (χ2n) is 8.87. The number of carbonyl (C=O) groups is 1. The minimum absolute atomic E-state index is 0.274. The number of carbonyl (C=O) groups excluding carboxylic acids is 1. The average molecular weight is 624 g/mol. The predicted octanol–water partition coefficient (Wildman–Crippen LogP) is 8.85. The van der Waals surface area contributed by atoms with Gasteiger partial charge in [0.05, 0.1) is 0 Å². The van der Waals surface area contributed by atoms with Gasteiger partial charge in [0.15, 0.2) is 28.4 Å². The van der Waals surface area contributed by atoms with Crippen molar-refractivity contribution in [3.8, 4) is 0 Å². The summed E-state index contributed by atoms with van der Waals surface area (Å²) in [7, 11) is 0. The maximum absolute atomic E-state index is 14.5. The summed E-state index contributed by atoms with van der Waals surface area (Å²) in [4.78, 5) is 13.7. The van der Waals surface area contributed by atoms with E-state index in [9.17, 15) is 35.5 Å². The van der Waals surface area contributed by atoms with Crippen molar-refractivity contribution in [3.63, 3.8) is 0 Å². The molecule has 4 aromatic rings. The number of anilines is 3. The van der Waals surface area contributed by atoms with Gasteiger partial charge >= 0.3 is 6.18 Å². The Morgan fingerprint density at radius 2 is 1.36 bits per heavy atom. The molecular formula is C29H20F7N3OS2. The highest BCUT2D eigenvalue weighted by Crippen LogP contribution is 2.41. The number of rotatable bonds is 7. The highest BCUT2D eigenvalue weighted by molar-refractivity contribution is 8.00. The lowest BCUT2D eigenvalue weighted by Crippen LogP contribution is -2.23. The number of halogens is 7. The van der Waals surface area contributed by atoms with E-state index < -0.39 is 51.9 Å². The van der Waals surface area contributed by atoms with Crippen molar-refractivity contribution in [3.05, 3.63) is 119 Å². The maximum atomic E-state index is 14.5. The third-order valence-corrected chi connectivity index (χ3v) is 7.24. The van der Waals surface area contributed by atoms with E-state index in [1.165, 1.54) is 12.1 Å². The third kappa shape index (κ3) is 7.21. The SMILES string of the molecule is Cc1ccc(NC(=S)Nc2cccc(SC(C(=O)Nc3c(F)c(F)c(C(F)(F)F)c(F)c3F)c3ccccc3)c2)cc1. The summed E-state index contributed by atoms with van der Waals surface area (Å²) in [6.07, 6.45) is -5.71. The lowest BCUT2D eigenvalue weighted by Gasteiger charge is -2.19. The van der Waals surface area contributed by atoms with Crippen molar-refractivity contribution in [2.75, 3.05) is 16.0 Å². The van der Waals surface area contributed by atoms with Gasteiger partial charge in [-0.2, -0.15) is 13.2 Å². The van der Waals surface area contributed by atoms with Crippen LogP contribution in [0.3, 0.4) is 0 Å². The number of benzene rings is 4. The van der Waals surface area contributed by atoms with Gasteiger partial charge in [0, 0.05) is 16.3 Å². The minimum Gasteiger partial charge on any atom is -0.332 e. The molecule has 0 radical (unpaired) electrons. The molecule has 1 atom stereocenters. The highest BCUT2D eigenvalue weighted by atomic mass is 32.2. The van der Waals surface area contributed by atoms with Crippen LogP contribution < -0.4 is 16.0 Å². The quantitative estimate of drug-likeness (QED) is 0.0832. The summed E-state index contributed by atoms with van der Waals surface area (Å²) < 4.78 is 96.2. The molecule has 0 aliphatic carbocycles. The van der Waals surface area contributed by atoms with Crippen LogP contribution in [-0.4, -0.2) is 11.0 Å². The van der Waals surface area contributed by atoms with Gasteiger partial charge < -0.3 is 16.0 Å². The van der Waals surface area contributed by atoms with Gasteiger partial charge in [-0.15, -0.1) is 11.8 Å². The van der Waals surface area contributed by atoms with Crippen molar-refractivity contribution in [2.24, 2.45) is 0 Å². The maximum Gasteiger partial charge on any atom is 0.422 e. The monoisotopic (exact) mass is 623 g/mol. The summed E-state index contributed by atoms with van der Waals surface area (Å²) in [5.74, 6) is -11.2. The number of alkyl halides is 3. The zero-order valence-electron chi connectivity index (χ0n) is 21.5. The Morgan fingerprint density at radius 3 is 1.95 bits per heavy atom. The number of thioether (sulfide) groups is 1. The fourth-order valence-corrected chi connectivity index (χ4v) is 5.11. The molecule has 4 nitrogen and oxygen atoms in total. The topological polar surface area (TPSA) is 53.2 Å². The Hall–Kier alpha value is -4.10. The van der Waals surface area contributed by atoms with Gasteiger partial charge in [0.2, 0.25) is 5.91 Å². The van der Waals surface area contributed by atoms with Crippen molar-refractivity contribution in [2.45, 2.75) is 23.2 Å². The van der Waals surface area contributed by atoms with Crippen LogP contribution in [0.15, 0.2) is 83.8 Å². The van der Waals surface area contributed by atoms with Crippen molar-refractivity contribution in [1.29, 1.82) is 0 Å². The molecule has 0 heterocycles. The van der Waals surface area contributed by atoms with Gasteiger partial charge in [0.1, 0.15) is 16.5 Å². The van der Waals surface area contributed by atoms with Gasteiger partial charge in [-0.3, -0.25) is 4.79 Å². The molecular weight excluding hydrogens is 603 g/mol. The van der Waals surface area contributed by atoms with E-state index in [0.29, 0.717) is 16.1 Å². The van der Waals surface area contributed by atoms with Crippen molar-refractivity contribution in [1.82, 2.24) is 0 Å². The Bertz CT molecular complexity index is 1590. The minimum atomic E-state index is -5.71. The Labute approximate surface area is 245 Å². The van der Waals surface area contributed by atoms with Gasteiger partial charge in [-0.05, 0) is 55.0 Å². The zero-order valence-corrected chi connectivity index (χ0v) is 23.1. The number of hydrogen-bond donors (Lipinski definition) is 3. The van der Waals surface area contributed by atoms with Gasteiger partial charge in [-0.25, -0.2) is 17.6 Å². The molecule has 4 aromatic carbocycles. The first-order chi connectivity index (χ1) is 19.8. The Kier molecular flexibility index (Phi) is 9.42. The van der Waals surface area contributed by atoms with E-state index in [2.05, 4.69) is 10.6 Å². The second kappa shape index (κ2) is 12.8. The van der Waals surface area contributed by atoms with Crippen molar-refractivity contribution < 1.29 is 35.5 Å². The van der Waals surface area contributed by atoms with E-state index in [4.69, 9.17) is 12.2 Å². The number of aryl methyl sites for hydroxylation is 1. The van der Waals surface area contributed by atoms with Gasteiger partial charge in [-0.1, -0.05) is 54.1 Å². The smallest absolute Gasteiger partial charge is 0.332 e. The van der Waals surface area contributed by atoms with Crippen LogP contribution in [0.25, 0.3) is 0 Å². The normalized spacial score (nSPS) is 12.0. The number of nitrogens with one attached hydrogen (secondary N) is 3. The molecule has 0 saturated heterocycles. The van der Waals surface area contributed by atoms with Crippen LogP contribution in [-0.2, 0) is 11.0 Å². The molecule has 0 aliphatic heterocycles. The molecule has 0 saturated carbocycles. The van der Waals surface area contributed by atoms with Crippen LogP contribution in [0.1, 0.15) is 21.9 Å². The molecule has 0 spiro atoms. The Balaban J connectivity index is 1.58. The summed E-state index contributed by atoms with van der Waals surface area (Å²) >= 11 is 6.27. The molecule has 3 N–H and O–H groups in total. The van der Waals surface area contributed by atoms with Crippen LogP contribution in [0.2, 0.25) is 0 Å². The van der Waals surface area contributed by atoms with E-state index in [1.54, 1.807) is 47.8 Å². The lowest BCUT2D eigenvalue weighted by atomic mass is 10.1. The largest absolute Gasteiger partial charge is 0.422 e. The molecule has 0 bridgehead atoms. The number of thiocarbonyl (C=S) groups is 1. The number of amides is 1. The molecule has 218 valence electrons. The molecule has 0 aliphatic rings. The lowest BCUT2D eigenvalue weighted by molar-refractivity contribution is -0.143. The van der Waals surface area contributed by atoms with E-state index >= 15 is 0 Å². The summed E-state index contributed by atoms with van der Waals surface area (Å²) in [6.45, 7) is 1.94. The fourth-order valence-electron chi connectivity index (χ4n) is 3.79. The zero-order chi connectivity index (χ0) is 30.6. The van der Waals surface area contributed by atoms with E-state index in [1.807, 2.05) is 31.2 Å². The molecule has 4 rings (SSSR count). The van der Waals surface area contributed by atoms with Crippen LogP contribution in [0.5, 0.6) is 0 Å². The molecule has 0 aromatic heterocycles. The fraction of sp³-hybridized carbons (Fsp3) is 0.103. The summed E-state index contributed by atoms with van der Waals surface area (Å²) in [6, 6.07) is 22.0. The molecule has 1 unspecified atom stereocenters. The van der Waals surface area contributed by atoms with E-state index in [0.717, 1.165) is 23.0 Å². The van der Waals surface area contributed by atoms with Crippen molar-refractivity contribution >= 4 is 52.1 Å². The standard InChI is InChI=1S/C29H20F7N3OS2/c1-15-10-12-17(13-11-15)37-28(41)38-18-8-5-9-19(14-18)42-26(16-6-3-2-4-7-16)27(40)39-25-23(32)21(30)20(29(34,35)36)22(31)24(25)33/h2-14,26H,1H3,(H,39,40)(H2,37,38,41). The highest BCUT2D eigenvalue weighted by Gasteiger charge is 2.42. The van der Waals surface area contributed by atoms with Gasteiger partial charge in [0.25, 0.3) is 0 Å². The summed E-state index contributed by atoms with van der Waals surface area (Å²) in [5, 5.41) is 6.79. The van der Waals surface area contributed by atoms with E-state index in [-0.39, 0.29) is 5.11 Å². The number of hydrogen-bond acceptors (Lipinski definition) is 3. The Morgan fingerprint density at radius 1 is 0.762 bits per heavy atom. The molecule has 1 amide bonds. The first-order valence-electron chi connectivity index (χ1n) is 12.1. The predicted molar refractivity (Wildman–Crippen MR) is 152 cm³/mol. The van der Waals surface area contributed by atoms with Crippen LogP contribution in [0, 0.1) is 30.2 Å². The summed E-state index contributed by atoms with van der Waals surface area (Å²) in [5.41, 5.74) is -1.72.